The van der Waals surface area contributed by atoms with Crippen LogP contribution in [-0.2, 0) is 4.79 Å². The molecule has 100 valence electrons. The summed E-state index contributed by atoms with van der Waals surface area (Å²) in [7, 11) is 0. The van der Waals surface area contributed by atoms with E-state index in [9.17, 15) is 4.79 Å². The third kappa shape index (κ3) is 4.49. The van der Waals surface area contributed by atoms with Crippen molar-refractivity contribution >= 4 is 11.6 Å². The quantitative estimate of drug-likeness (QED) is 0.888. The number of carbonyl (C=O) groups is 1. The van der Waals surface area contributed by atoms with E-state index in [4.69, 9.17) is 0 Å². The van der Waals surface area contributed by atoms with Crippen LogP contribution in [-0.4, -0.2) is 24.5 Å². The molecule has 0 saturated carbocycles. The zero-order valence-corrected chi connectivity index (χ0v) is 12.1. The number of nitrogens with zero attached hydrogens (tertiary/aromatic N) is 1. The predicted molar refractivity (Wildman–Crippen MR) is 77.0 cm³/mol. The molecular formula is C15H24N2O. The Labute approximate surface area is 110 Å². The van der Waals surface area contributed by atoms with Gasteiger partial charge in [0.15, 0.2) is 0 Å². The molecule has 0 radical (unpaired) electrons. The van der Waals surface area contributed by atoms with Crippen molar-refractivity contribution in [1.29, 1.82) is 0 Å². The standard InChI is InChI=1S/C15H24N2O/c1-6-17(13-9-7-12(2)8-10-13)14(18)11-16-15(3,4)5/h7-10,16H,6,11H2,1-5H3. The number of amides is 1. The van der Waals surface area contributed by atoms with Crippen LogP contribution in [0.25, 0.3) is 0 Å². The highest BCUT2D eigenvalue weighted by atomic mass is 16.2. The largest absolute Gasteiger partial charge is 0.312 e. The van der Waals surface area contributed by atoms with Gasteiger partial charge in [0.1, 0.15) is 0 Å². The number of anilines is 1. The maximum absolute atomic E-state index is 12.2. The average Bonchev–Trinajstić information content (AvgIpc) is 2.29. The Morgan fingerprint density at radius 1 is 1.22 bits per heavy atom. The predicted octanol–water partition coefficient (Wildman–Crippen LogP) is 2.74. The van der Waals surface area contributed by atoms with Gasteiger partial charge in [-0.1, -0.05) is 17.7 Å². The SMILES string of the molecule is CCN(C(=O)CNC(C)(C)C)c1ccc(C)cc1. The lowest BCUT2D eigenvalue weighted by molar-refractivity contribution is -0.118. The number of nitrogens with one attached hydrogen (secondary N) is 1. The Kier molecular flexibility index (Phi) is 4.91. The van der Waals surface area contributed by atoms with Crippen molar-refractivity contribution in [1.82, 2.24) is 5.32 Å². The van der Waals surface area contributed by atoms with Gasteiger partial charge in [-0.2, -0.15) is 0 Å². The lowest BCUT2D eigenvalue weighted by Crippen LogP contribution is -2.45. The van der Waals surface area contributed by atoms with Crippen molar-refractivity contribution < 1.29 is 4.79 Å². The molecule has 0 aliphatic heterocycles. The van der Waals surface area contributed by atoms with Crippen molar-refractivity contribution in [2.75, 3.05) is 18.0 Å². The topological polar surface area (TPSA) is 32.3 Å². The second-order valence-corrected chi connectivity index (χ2v) is 5.58. The van der Waals surface area contributed by atoms with E-state index in [2.05, 4.69) is 26.1 Å². The van der Waals surface area contributed by atoms with Crippen LogP contribution < -0.4 is 10.2 Å². The Bertz CT molecular complexity index is 390. The molecule has 0 saturated heterocycles. The first-order chi connectivity index (χ1) is 8.33. The fraction of sp³-hybridized carbons (Fsp3) is 0.533. The molecule has 0 heterocycles. The van der Waals surface area contributed by atoms with E-state index in [0.717, 1.165) is 5.69 Å². The van der Waals surface area contributed by atoms with Gasteiger partial charge in [-0.05, 0) is 46.8 Å². The Balaban J connectivity index is 2.71. The second kappa shape index (κ2) is 6.01. The second-order valence-electron chi connectivity index (χ2n) is 5.58. The Morgan fingerprint density at radius 2 is 1.78 bits per heavy atom. The van der Waals surface area contributed by atoms with Crippen LogP contribution in [0.2, 0.25) is 0 Å². The fourth-order valence-electron chi connectivity index (χ4n) is 1.66. The minimum Gasteiger partial charge on any atom is -0.312 e. The highest BCUT2D eigenvalue weighted by Gasteiger charge is 2.16. The van der Waals surface area contributed by atoms with Gasteiger partial charge in [0, 0.05) is 17.8 Å². The number of hydrogen-bond acceptors (Lipinski definition) is 2. The van der Waals surface area contributed by atoms with Gasteiger partial charge >= 0.3 is 0 Å². The first kappa shape index (κ1) is 14.7. The van der Waals surface area contributed by atoms with Gasteiger partial charge in [0.25, 0.3) is 0 Å². The number of benzene rings is 1. The highest BCUT2D eigenvalue weighted by Crippen LogP contribution is 2.15. The minimum atomic E-state index is -0.0393. The van der Waals surface area contributed by atoms with Gasteiger partial charge in [-0.25, -0.2) is 0 Å². The molecule has 1 rings (SSSR count). The van der Waals surface area contributed by atoms with Crippen LogP contribution in [0.15, 0.2) is 24.3 Å². The maximum Gasteiger partial charge on any atom is 0.240 e. The zero-order chi connectivity index (χ0) is 13.8. The summed E-state index contributed by atoms with van der Waals surface area (Å²) in [5.41, 5.74) is 2.13. The maximum atomic E-state index is 12.2. The zero-order valence-electron chi connectivity index (χ0n) is 12.1. The lowest BCUT2D eigenvalue weighted by Gasteiger charge is -2.25. The molecule has 3 nitrogen and oxygen atoms in total. The lowest BCUT2D eigenvalue weighted by atomic mass is 10.1. The number of rotatable bonds is 4. The molecule has 0 bridgehead atoms. The van der Waals surface area contributed by atoms with Gasteiger partial charge in [0.2, 0.25) is 5.91 Å². The molecule has 0 spiro atoms. The molecule has 1 amide bonds. The molecule has 0 aliphatic rings. The number of aryl methyl sites for hydroxylation is 1. The molecule has 0 atom stereocenters. The van der Waals surface area contributed by atoms with Gasteiger partial charge < -0.3 is 10.2 Å². The van der Waals surface area contributed by atoms with E-state index < -0.39 is 0 Å². The first-order valence-corrected chi connectivity index (χ1v) is 6.45. The van der Waals surface area contributed by atoms with Crippen LogP contribution in [0.3, 0.4) is 0 Å². The highest BCUT2D eigenvalue weighted by molar-refractivity contribution is 5.94. The minimum absolute atomic E-state index is 0.0393. The van der Waals surface area contributed by atoms with Gasteiger partial charge in [0.05, 0.1) is 6.54 Å². The molecule has 18 heavy (non-hydrogen) atoms. The van der Waals surface area contributed by atoms with E-state index in [-0.39, 0.29) is 11.4 Å². The molecule has 3 heteroatoms. The van der Waals surface area contributed by atoms with Crippen molar-refractivity contribution in [2.45, 2.75) is 40.2 Å². The molecule has 1 aromatic rings. The van der Waals surface area contributed by atoms with E-state index >= 15 is 0 Å². The summed E-state index contributed by atoms with van der Waals surface area (Å²) in [6.45, 7) is 11.3. The van der Waals surface area contributed by atoms with Crippen LogP contribution >= 0.6 is 0 Å². The number of carbonyl (C=O) groups excluding carboxylic acids is 1. The summed E-state index contributed by atoms with van der Waals surface area (Å²) in [5.74, 6) is 0.108. The molecule has 0 aliphatic carbocycles. The molecule has 1 aromatic carbocycles. The molecule has 0 aromatic heterocycles. The molecule has 0 unspecified atom stereocenters. The Hall–Kier alpha value is -1.35. The molecule has 0 fully saturated rings. The molecular weight excluding hydrogens is 224 g/mol. The fourth-order valence-corrected chi connectivity index (χ4v) is 1.66. The van der Waals surface area contributed by atoms with E-state index in [1.807, 2.05) is 38.1 Å². The third-order valence-electron chi connectivity index (χ3n) is 2.73. The smallest absolute Gasteiger partial charge is 0.240 e. The summed E-state index contributed by atoms with van der Waals surface area (Å²) in [4.78, 5) is 14.0. The van der Waals surface area contributed by atoms with Crippen LogP contribution in [0, 0.1) is 6.92 Å². The average molecular weight is 248 g/mol. The van der Waals surface area contributed by atoms with E-state index in [1.165, 1.54) is 5.56 Å². The van der Waals surface area contributed by atoms with Crippen LogP contribution in [0.5, 0.6) is 0 Å². The normalized spacial score (nSPS) is 11.4. The van der Waals surface area contributed by atoms with E-state index in [0.29, 0.717) is 13.1 Å². The summed E-state index contributed by atoms with van der Waals surface area (Å²) >= 11 is 0. The first-order valence-electron chi connectivity index (χ1n) is 6.45. The number of hydrogen-bond donors (Lipinski definition) is 1. The van der Waals surface area contributed by atoms with Crippen molar-refractivity contribution in [2.24, 2.45) is 0 Å². The van der Waals surface area contributed by atoms with Gasteiger partial charge in [-0.3, -0.25) is 4.79 Å². The summed E-state index contributed by atoms with van der Waals surface area (Å²) in [6, 6.07) is 8.05. The van der Waals surface area contributed by atoms with Crippen LogP contribution in [0.4, 0.5) is 5.69 Å². The summed E-state index contributed by atoms with van der Waals surface area (Å²) in [5, 5.41) is 3.23. The van der Waals surface area contributed by atoms with Crippen molar-refractivity contribution in [3.05, 3.63) is 29.8 Å². The number of likely N-dealkylation sites (N-methyl/N-ethyl adjacent to an activating group) is 1. The summed E-state index contributed by atoms with van der Waals surface area (Å²) < 4.78 is 0. The van der Waals surface area contributed by atoms with Crippen LogP contribution in [0.1, 0.15) is 33.3 Å². The summed E-state index contributed by atoms with van der Waals surface area (Å²) in [6.07, 6.45) is 0. The molecule has 1 N–H and O–H groups in total. The van der Waals surface area contributed by atoms with Gasteiger partial charge in [-0.15, -0.1) is 0 Å². The van der Waals surface area contributed by atoms with E-state index in [1.54, 1.807) is 4.90 Å². The van der Waals surface area contributed by atoms with Crippen molar-refractivity contribution in [3.63, 3.8) is 0 Å². The Morgan fingerprint density at radius 3 is 2.22 bits per heavy atom. The van der Waals surface area contributed by atoms with Crippen molar-refractivity contribution in [3.8, 4) is 0 Å². The third-order valence-corrected chi connectivity index (χ3v) is 2.73. The monoisotopic (exact) mass is 248 g/mol.